The highest BCUT2D eigenvalue weighted by Gasteiger charge is 2.28. The van der Waals surface area contributed by atoms with Gasteiger partial charge in [-0.1, -0.05) is 30.3 Å². The molecule has 0 aliphatic carbocycles. The number of hydrogen-bond donors (Lipinski definition) is 1. The Morgan fingerprint density at radius 1 is 1.00 bits per heavy atom. The molecular weight excluding hydrogens is 420 g/mol. The fraction of sp³-hybridized carbons (Fsp3) is 0.333. The summed E-state index contributed by atoms with van der Waals surface area (Å²) >= 11 is 0. The van der Waals surface area contributed by atoms with Crippen molar-refractivity contribution >= 4 is 27.7 Å². The number of rotatable bonds is 5. The molecule has 3 rings (SSSR count). The number of amides is 2. The molecule has 31 heavy (non-hydrogen) atoms. The summed E-state index contributed by atoms with van der Waals surface area (Å²) in [6.07, 6.45) is -0.436. The first-order valence-electron chi connectivity index (χ1n) is 9.77. The van der Waals surface area contributed by atoms with E-state index in [0.717, 1.165) is 9.87 Å². The van der Waals surface area contributed by atoms with Gasteiger partial charge in [0.1, 0.15) is 6.61 Å². The molecule has 1 saturated heterocycles. The zero-order valence-electron chi connectivity index (χ0n) is 17.5. The molecule has 0 spiro atoms. The van der Waals surface area contributed by atoms with Crippen LogP contribution in [0.15, 0.2) is 53.4 Å². The van der Waals surface area contributed by atoms with Crippen molar-refractivity contribution in [3.8, 4) is 0 Å². The van der Waals surface area contributed by atoms with E-state index in [-0.39, 0.29) is 28.7 Å². The molecule has 2 aromatic rings. The van der Waals surface area contributed by atoms with Crippen LogP contribution in [0.25, 0.3) is 0 Å². The van der Waals surface area contributed by atoms with Crippen LogP contribution in [-0.4, -0.2) is 74.8 Å². The third-order valence-corrected chi connectivity index (χ3v) is 6.88. The van der Waals surface area contributed by atoms with Crippen LogP contribution in [0.5, 0.6) is 0 Å². The van der Waals surface area contributed by atoms with Crippen molar-refractivity contribution in [2.24, 2.45) is 0 Å². The van der Waals surface area contributed by atoms with Crippen molar-refractivity contribution < 1.29 is 22.7 Å². The van der Waals surface area contributed by atoms with E-state index in [1.54, 1.807) is 9.80 Å². The summed E-state index contributed by atoms with van der Waals surface area (Å²) in [5, 5.41) is 0. The molecule has 0 saturated carbocycles. The van der Waals surface area contributed by atoms with Crippen molar-refractivity contribution in [2.75, 3.05) is 46.0 Å². The number of carbonyl (C=O) groups excluding carboxylic acids is 2. The lowest BCUT2D eigenvalue weighted by Gasteiger charge is -2.34. The minimum absolute atomic E-state index is 0.00169. The lowest BCUT2D eigenvalue weighted by Crippen LogP contribution is -2.50. The van der Waals surface area contributed by atoms with Crippen LogP contribution in [-0.2, 0) is 21.4 Å². The molecule has 1 fully saturated rings. The van der Waals surface area contributed by atoms with Gasteiger partial charge in [-0.15, -0.1) is 0 Å². The summed E-state index contributed by atoms with van der Waals surface area (Å²) in [7, 11) is -0.852. The predicted octanol–water partition coefficient (Wildman–Crippen LogP) is 1.61. The van der Waals surface area contributed by atoms with Crippen molar-refractivity contribution in [3.63, 3.8) is 0 Å². The number of nitrogen functional groups attached to an aromatic ring is 1. The quantitative estimate of drug-likeness (QED) is 0.698. The van der Waals surface area contributed by atoms with Crippen LogP contribution in [0.1, 0.15) is 15.9 Å². The van der Waals surface area contributed by atoms with Gasteiger partial charge in [0.2, 0.25) is 10.0 Å². The number of nitrogens with two attached hydrogens (primary N) is 1. The molecule has 2 amide bonds. The van der Waals surface area contributed by atoms with Gasteiger partial charge in [0.15, 0.2) is 0 Å². The van der Waals surface area contributed by atoms with Gasteiger partial charge in [0.25, 0.3) is 5.91 Å². The van der Waals surface area contributed by atoms with Gasteiger partial charge in [-0.25, -0.2) is 17.5 Å². The third kappa shape index (κ3) is 5.15. The molecule has 1 heterocycles. The SMILES string of the molecule is CN(C)S(=O)(=O)c1ccc(N)c(C(=O)N2CCN(C(=O)OCc3ccccc3)CC2)c1. The Morgan fingerprint density at radius 3 is 2.23 bits per heavy atom. The summed E-state index contributed by atoms with van der Waals surface area (Å²) in [4.78, 5) is 28.4. The highest BCUT2D eigenvalue weighted by atomic mass is 32.2. The summed E-state index contributed by atoms with van der Waals surface area (Å²) in [5.74, 6) is -0.370. The minimum Gasteiger partial charge on any atom is -0.445 e. The standard InChI is InChI=1S/C21H26N4O5S/c1-23(2)31(28,29)17-8-9-19(22)18(14-17)20(26)24-10-12-25(13-11-24)21(27)30-15-16-6-4-3-5-7-16/h3-9,14H,10-13,15,22H2,1-2H3. The highest BCUT2D eigenvalue weighted by molar-refractivity contribution is 7.89. The van der Waals surface area contributed by atoms with Gasteiger partial charge in [0.05, 0.1) is 10.5 Å². The minimum atomic E-state index is -3.69. The zero-order chi connectivity index (χ0) is 22.6. The number of benzene rings is 2. The summed E-state index contributed by atoms with van der Waals surface area (Å²) in [6, 6.07) is 13.5. The van der Waals surface area contributed by atoms with E-state index in [9.17, 15) is 18.0 Å². The van der Waals surface area contributed by atoms with Crippen LogP contribution >= 0.6 is 0 Å². The average Bonchev–Trinajstić information content (AvgIpc) is 2.78. The van der Waals surface area contributed by atoms with Gasteiger partial charge in [-0.05, 0) is 23.8 Å². The second kappa shape index (κ2) is 9.36. The normalized spacial score (nSPS) is 14.5. The smallest absolute Gasteiger partial charge is 0.410 e. The lowest BCUT2D eigenvalue weighted by atomic mass is 10.1. The summed E-state index contributed by atoms with van der Waals surface area (Å²) in [5.41, 5.74) is 7.17. The second-order valence-corrected chi connectivity index (χ2v) is 9.51. The molecule has 2 N–H and O–H groups in total. The Morgan fingerprint density at radius 2 is 1.61 bits per heavy atom. The molecule has 0 radical (unpaired) electrons. The Balaban J connectivity index is 1.62. The van der Waals surface area contributed by atoms with Gasteiger partial charge < -0.3 is 20.3 Å². The first kappa shape index (κ1) is 22.6. The van der Waals surface area contributed by atoms with E-state index < -0.39 is 16.1 Å². The Hall–Kier alpha value is -3.11. The molecule has 9 nitrogen and oxygen atoms in total. The molecule has 10 heteroatoms. The fourth-order valence-electron chi connectivity index (χ4n) is 3.16. The maximum Gasteiger partial charge on any atom is 0.410 e. The molecule has 1 aliphatic heterocycles. The van der Waals surface area contributed by atoms with Crippen LogP contribution in [0.4, 0.5) is 10.5 Å². The van der Waals surface area contributed by atoms with Gasteiger partial charge in [-0.2, -0.15) is 0 Å². The number of anilines is 1. The number of hydrogen-bond acceptors (Lipinski definition) is 6. The van der Waals surface area contributed by atoms with Crippen molar-refractivity contribution in [2.45, 2.75) is 11.5 Å². The molecule has 166 valence electrons. The van der Waals surface area contributed by atoms with Gasteiger partial charge in [0, 0.05) is 46.0 Å². The average molecular weight is 447 g/mol. The maximum atomic E-state index is 13.0. The van der Waals surface area contributed by atoms with Crippen molar-refractivity contribution in [3.05, 3.63) is 59.7 Å². The van der Waals surface area contributed by atoms with Crippen LogP contribution < -0.4 is 5.73 Å². The summed E-state index contributed by atoms with van der Waals surface area (Å²) in [6.45, 7) is 1.40. The number of ether oxygens (including phenoxy) is 1. The summed E-state index contributed by atoms with van der Waals surface area (Å²) < 4.78 is 31.2. The van der Waals surface area contributed by atoms with Crippen LogP contribution in [0, 0.1) is 0 Å². The zero-order valence-corrected chi connectivity index (χ0v) is 18.3. The van der Waals surface area contributed by atoms with E-state index in [0.29, 0.717) is 26.2 Å². The Bertz CT molecular complexity index is 1050. The van der Waals surface area contributed by atoms with Crippen LogP contribution in [0.2, 0.25) is 0 Å². The van der Waals surface area contributed by atoms with E-state index >= 15 is 0 Å². The largest absolute Gasteiger partial charge is 0.445 e. The molecule has 1 aliphatic rings. The Kier molecular flexibility index (Phi) is 6.81. The number of sulfonamides is 1. The molecule has 0 unspecified atom stereocenters. The molecule has 2 aromatic carbocycles. The predicted molar refractivity (Wildman–Crippen MR) is 116 cm³/mol. The lowest BCUT2D eigenvalue weighted by molar-refractivity contribution is 0.0544. The van der Waals surface area contributed by atoms with Crippen molar-refractivity contribution in [1.82, 2.24) is 14.1 Å². The van der Waals surface area contributed by atoms with Crippen LogP contribution in [0.3, 0.4) is 0 Å². The number of carbonyl (C=O) groups is 2. The number of piperazine rings is 1. The van der Waals surface area contributed by atoms with E-state index in [1.165, 1.54) is 32.3 Å². The van der Waals surface area contributed by atoms with Gasteiger partial charge in [-0.3, -0.25) is 4.79 Å². The Labute approximate surface area is 182 Å². The van der Waals surface area contributed by atoms with E-state index in [1.807, 2.05) is 30.3 Å². The highest BCUT2D eigenvalue weighted by Crippen LogP contribution is 2.22. The monoisotopic (exact) mass is 446 g/mol. The van der Waals surface area contributed by atoms with E-state index in [2.05, 4.69) is 0 Å². The first-order chi connectivity index (χ1) is 14.7. The third-order valence-electron chi connectivity index (χ3n) is 5.06. The topological polar surface area (TPSA) is 113 Å². The second-order valence-electron chi connectivity index (χ2n) is 7.36. The fourth-order valence-corrected chi connectivity index (χ4v) is 4.09. The van der Waals surface area contributed by atoms with E-state index in [4.69, 9.17) is 10.5 Å². The van der Waals surface area contributed by atoms with Crippen molar-refractivity contribution in [1.29, 1.82) is 0 Å². The molecule has 0 aromatic heterocycles. The molecular formula is C21H26N4O5S. The number of nitrogens with zero attached hydrogens (tertiary/aromatic N) is 3. The molecule has 0 atom stereocenters. The molecule has 0 bridgehead atoms. The van der Waals surface area contributed by atoms with Gasteiger partial charge >= 0.3 is 6.09 Å². The maximum absolute atomic E-state index is 13.0. The first-order valence-corrected chi connectivity index (χ1v) is 11.2.